The molecule has 0 saturated carbocycles. The Bertz CT molecular complexity index is 320. The van der Waals surface area contributed by atoms with Gasteiger partial charge in [-0.2, -0.15) is 0 Å². The molecule has 0 spiro atoms. The second-order valence-corrected chi connectivity index (χ2v) is 3.65. The van der Waals surface area contributed by atoms with Crippen molar-refractivity contribution in [3.05, 3.63) is 23.2 Å². The molecule has 1 rings (SSSR count). The van der Waals surface area contributed by atoms with E-state index < -0.39 is 0 Å². The Kier molecular flexibility index (Phi) is 4.68. The molecular formula is C10H15ClN2O2. The number of halogens is 1. The first-order valence-electron chi connectivity index (χ1n) is 4.58. The maximum Gasteiger partial charge on any atom is 0.0726 e. The fourth-order valence-electron chi connectivity index (χ4n) is 1.23. The minimum Gasteiger partial charge on any atom is -0.397 e. The highest BCUT2D eigenvalue weighted by Crippen LogP contribution is 2.23. The topological polar surface area (TPSA) is 67.5 Å². The highest BCUT2D eigenvalue weighted by Gasteiger charge is 2.08. The van der Waals surface area contributed by atoms with Crippen molar-refractivity contribution in [1.29, 1.82) is 0 Å². The minimum atomic E-state index is -0.168. The van der Waals surface area contributed by atoms with Gasteiger partial charge in [0.1, 0.15) is 0 Å². The first-order chi connectivity index (χ1) is 7.17. The summed E-state index contributed by atoms with van der Waals surface area (Å²) in [7, 11) is 1.58. The molecule has 0 aliphatic heterocycles. The lowest BCUT2D eigenvalue weighted by Gasteiger charge is -2.17. The van der Waals surface area contributed by atoms with Crippen molar-refractivity contribution in [2.24, 2.45) is 0 Å². The van der Waals surface area contributed by atoms with Gasteiger partial charge in [-0.1, -0.05) is 11.6 Å². The van der Waals surface area contributed by atoms with Crippen molar-refractivity contribution in [1.82, 2.24) is 0 Å². The zero-order valence-corrected chi connectivity index (χ0v) is 9.29. The van der Waals surface area contributed by atoms with Crippen LogP contribution in [0.25, 0.3) is 0 Å². The van der Waals surface area contributed by atoms with E-state index in [1.54, 1.807) is 25.3 Å². The molecule has 0 heterocycles. The van der Waals surface area contributed by atoms with Crippen LogP contribution in [-0.4, -0.2) is 31.5 Å². The number of hydrogen-bond donors (Lipinski definition) is 3. The highest BCUT2D eigenvalue weighted by molar-refractivity contribution is 6.31. The van der Waals surface area contributed by atoms with Crippen LogP contribution in [0, 0.1) is 0 Å². The fraction of sp³-hybridized carbons (Fsp3) is 0.400. The Morgan fingerprint density at radius 1 is 1.60 bits per heavy atom. The summed E-state index contributed by atoms with van der Waals surface area (Å²) in [6, 6.07) is 5.00. The third-order valence-electron chi connectivity index (χ3n) is 1.96. The number of aliphatic hydroxyl groups is 1. The largest absolute Gasteiger partial charge is 0.397 e. The predicted octanol–water partition coefficient (Wildman–Crippen LogP) is 1.34. The number of hydrogen-bond acceptors (Lipinski definition) is 4. The number of nitrogens with one attached hydrogen (secondary N) is 1. The third-order valence-corrected chi connectivity index (χ3v) is 2.20. The molecule has 0 amide bonds. The van der Waals surface area contributed by atoms with Crippen LogP contribution in [0.5, 0.6) is 0 Å². The van der Waals surface area contributed by atoms with E-state index in [0.717, 1.165) is 5.69 Å². The molecule has 4 nitrogen and oxygen atoms in total. The summed E-state index contributed by atoms with van der Waals surface area (Å²) < 4.78 is 4.94. The van der Waals surface area contributed by atoms with Crippen LogP contribution in [0.1, 0.15) is 0 Å². The second-order valence-electron chi connectivity index (χ2n) is 3.21. The van der Waals surface area contributed by atoms with Gasteiger partial charge in [-0.15, -0.1) is 0 Å². The third kappa shape index (κ3) is 3.58. The summed E-state index contributed by atoms with van der Waals surface area (Å²) in [5, 5.41) is 12.7. The molecule has 84 valence electrons. The summed E-state index contributed by atoms with van der Waals surface area (Å²) in [6.07, 6.45) is 0. The first-order valence-corrected chi connectivity index (χ1v) is 4.96. The molecule has 15 heavy (non-hydrogen) atoms. The summed E-state index contributed by atoms with van der Waals surface area (Å²) in [5.74, 6) is 0. The predicted molar refractivity (Wildman–Crippen MR) is 62.2 cm³/mol. The summed E-state index contributed by atoms with van der Waals surface area (Å²) >= 11 is 5.77. The zero-order chi connectivity index (χ0) is 11.3. The molecule has 0 aromatic heterocycles. The normalized spacial score (nSPS) is 12.5. The van der Waals surface area contributed by atoms with Gasteiger partial charge in [0.2, 0.25) is 0 Å². The van der Waals surface area contributed by atoms with Crippen LogP contribution >= 0.6 is 11.6 Å². The SMILES string of the molecule is COCC(CO)Nc1ccc(Cl)cc1N. The van der Waals surface area contributed by atoms with Crippen molar-refractivity contribution < 1.29 is 9.84 Å². The molecule has 1 aromatic rings. The molecule has 1 unspecified atom stereocenters. The monoisotopic (exact) mass is 230 g/mol. The number of ether oxygens (including phenoxy) is 1. The van der Waals surface area contributed by atoms with E-state index in [0.29, 0.717) is 17.3 Å². The van der Waals surface area contributed by atoms with Crippen LogP contribution in [-0.2, 0) is 4.74 Å². The number of rotatable bonds is 5. The summed E-state index contributed by atoms with van der Waals surface area (Å²) in [4.78, 5) is 0. The van der Waals surface area contributed by atoms with E-state index >= 15 is 0 Å². The van der Waals surface area contributed by atoms with E-state index in [1.807, 2.05) is 0 Å². The van der Waals surface area contributed by atoms with Gasteiger partial charge in [0, 0.05) is 12.1 Å². The van der Waals surface area contributed by atoms with Crippen LogP contribution in [0.3, 0.4) is 0 Å². The summed E-state index contributed by atoms with van der Waals surface area (Å²) in [5.41, 5.74) is 7.05. The van der Waals surface area contributed by atoms with Crippen LogP contribution < -0.4 is 11.1 Å². The lowest BCUT2D eigenvalue weighted by atomic mass is 10.2. The quantitative estimate of drug-likeness (QED) is 0.668. The Labute approximate surface area is 94.0 Å². The molecular weight excluding hydrogens is 216 g/mol. The van der Waals surface area contributed by atoms with Gasteiger partial charge in [-0.3, -0.25) is 0 Å². The first kappa shape index (κ1) is 12.1. The van der Waals surface area contributed by atoms with Gasteiger partial charge in [0.25, 0.3) is 0 Å². The van der Waals surface area contributed by atoms with E-state index in [1.165, 1.54) is 0 Å². The van der Waals surface area contributed by atoms with Crippen LogP contribution in [0.2, 0.25) is 5.02 Å². The molecule has 1 atom stereocenters. The molecule has 0 radical (unpaired) electrons. The number of aliphatic hydroxyl groups excluding tert-OH is 1. The van der Waals surface area contributed by atoms with Gasteiger partial charge in [-0.25, -0.2) is 0 Å². The molecule has 0 aliphatic carbocycles. The van der Waals surface area contributed by atoms with Gasteiger partial charge in [-0.05, 0) is 18.2 Å². The van der Waals surface area contributed by atoms with Crippen molar-refractivity contribution >= 4 is 23.0 Å². The fourth-order valence-corrected chi connectivity index (χ4v) is 1.41. The standard InChI is InChI=1S/C10H15ClN2O2/c1-15-6-8(5-14)13-10-3-2-7(11)4-9(10)12/h2-4,8,13-14H,5-6,12H2,1H3. The molecule has 4 N–H and O–H groups in total. The minimum absolute atomic E-state index is 0.0179. The Balaban J connectivity index is 2.70. The van der Waals surface area contributed by atoms with Gasteiger partial charge in [0.05, 0.1) is 30.6 Å². The molecule has 1 aromatic carbocycles. The van der Waals surface area contributed by atoms with Gasteiger partial charge < -0.3 is 20.9 Å². The number of anilines is 2. The molecule has 0 aliphatic rings. The molecule has 0 saturated heterocycles. The van der Waals surface area contributed by atoms with Crippen molar-refractivity contribution in [3.8, 4) is 0 Å². The van der Waals surface area contributed by atoms with E-state index in [9.17, 15) is 0 Å². The maximum absolute atomic E-state index is 9.05. The average Bonchev–Trinajstić information content (AvgIpc) is 2.21. The Hall–Kier alpha value is -0.970. The summed E-state index contributed by atoms with van der Waals surface area (Å²) in [6.45, 7) is 0.397. The smallest absolute Gasteiger partial charge is 0.0726 e. The van der Waals surface area contributed by atoms with E-state index in [-0.39, 0.29) is 12.6 Å². The van der Waals surface area contributed by atoms with Crippen LogP contribution in [0.4, 0.5) is 11.4 Å². The number of nitrogen functional groups attached to an aromatic ring is 1. The number of methoxy groups -OCH3 is 1. The molecule has 0 fully saturated rings. The lowest BCUT2D eigenvalue weighted by molar-refractivity contribution is 0.153. The highest BCUT2D eigenvalue weighted by atomic mass is 35.5. The second kappa shape index (κ2) is 5.80. The van der Waals surface area contributed by atoms with Gasteiger partial charge in [0.15, 0.2) is 0 Å². The zero-order valence-electron chi connectivity index (χ0n) is 8.53. The van der Waals surface area contributed by atoms with E-state index in [4.69, 9.17) is 27.2 Å². The van der Waals surface area contributed by atoms with Crippen LogP contribution in [0.15, 0.2) is 18.2 Å². The van der Waals surface area contributed by atoms with Crippen molar-refractivity contribution in [2.45, 2.75) is 6.04 Å². The lowest BCUT2D eigenvalue weighted by Crippen LogP contribution is -2.29. The molecule has 0 bridgehead atoms. The number of benzene rings is 1. The van der Waals surface area contributed by atoms with E-state index in [2.05, 4.69) is 5.32 Å². The number of nitrogens with two attached hydrogens (primary N) is 1. The van der Waals surface area contributed by atoms with Crippen molar-refractivity contribution in [3.63, 3.8) is 0 Å². The van der Waals surface area contributed by atoms with Gasteiger partial charge >= 0.3 is 0 Å². The average molecular weight is 231 g/mol. The maximum atomic E-state index is 9.05. The Morgan fingerprint density at radius 2 is 2.33 bits per heavy atom. The molecule has 5 heteroatoms. The van der Waals surface area contributed by atoms with Crippen molar-refractivity contribution in [2.75, 3.05) is 31.4 Å². The Morgan fingerprint density at radius 3 is 2.87 bits per heavy atom.